The molecule has 9 heteroatoms. The van der Waals surface area contributed by atoms with Gasteiger partial charge in [-0.15, -0.1) is 0 Å². The van der Waals surface area contributed by atoms with E-state index in [1.54, 1.807) is 0 Å². The number of halogens is 1. The van der Waals surface area contributed by atoms with Gasteiger partial charge in [-0.2, -0.15) is 17.7 Å². The Kier molecular flexibility index (Phi) is 5.86. The van der Waals surface area contributed by atoms with Gasteiger partial charge in [-0.25, -0.2) is 4.39 Å². The van der Waals surface area contributed by atoms with Crippen LogP contribution in [0.4, 0.5) is 4.39 Å². The Morgan fingerprint density at radius 3 is 2.71 bits per heavy atom. The summed E-state index contributed by atoms with van der Waals surface area (Å²) in [6, 6.07) is 11.0. The Morgan fingerprint density at radius 1 is 1.09 bits per heavy atom. The van der Waals surface area contributed by atoms with Gasteiger partial charge in [0.25, 0.3) is 0 Å². The van der Waals surface area contributed by atoms with Crippen LogP contribution in [0.25, 0.3) is 10.9 Å². The highest BCUT2D eigenvalue weighted by Crippen LogP contribution is 2.40. The van der Waals surface area contributed by atoms with E-state index in [9.17, 15) is 14.0 Å². The summed E-state index contributed by atoms with van der Waals surface area (Å²) in [5.74, 6) is -0.274. The highest BCUT2D eigenvalue weighted by molar-refractivity contribution is 7.80. The van der Waals surface area contributed by atoms with Crippen LogP contribution in [0, 0.1) is 5.82 Å². The Morgan fingerprint density at radius 2 is 1.91 bits per heavy atom. The van der Waals surface area contributed by atoms with Gasteiger partial charge < -0.3 is 0 Å². The van der Waals surface area contributed by atoms with Crippen molar-refractivity contribution in [3.05, 3.63) is 64.6 Å². The number of rotatable bonds is 4. The highest BCUT2D eigenvalue weighted by atomic mass is 32.1. The van der Waals surface area contributed by atoms with Crippen molar-refractivity contribution in [2.45, 2.75) is 56.1 Å². The number of H-pyrrole nitrogens is 1. The number of imide groups is 1. The molecule has 2 fully saturated rings. The molecule has 6 rings (SSSR count). The number of benzene rings is 2. The largest absolute Gasteiger partial charge is 0.299 e. The summed E-state index contributed by atoms with van der Waals surface area (Å²) in [7, 11) is 0. The molecule has 2 saturated heterocycles. The first kappa shape index (κ1) is 22.7. The molecule has 0 radical (unpaired) electrons. The number of nitrogens with zero attached hydrogens (tertiary/aromatic N) is 3. The van der Waals surface area contributed by atoms with Gasteiger partial charge in [0.15, 0.2) is 0 Å². The monoisotopic (exact) mass is 493 g/mol. The molecule has 3 aliphatic heterocycles. The maximum atomic E-state index is 13.5. The number of carbonyl (C=O) groups excluding carboxylic acids is 2. The fourth-order valence-electron chi connectivity index (χ4n) is 5.84. The van der Waals surface area contributed by atoms with E-state index in [1.807, 2.05) is 6.07 Å². The molecule has 0 saturated carbocycles. The molecule has 0 aliphatic carbocycles. The van der Waals surface area contributed by atoms with Crippen LogP contribution < -0.4 is 5.32 Å². The molecule has 2 amide bonds. The number of aromatic nitrogens is 2. The van der Waals surface area contributed by atoms with Crippen LogP contribution in [0.15, 0.2) is 36.4 Å². The second-order valence-corrected chi connectivity index (χ2v) is 10.4. The predicted octanol–water partition coefficient (Wildman–Crippen LogP) is 3.63. The summed E-state index contributed by atoms with van der Waals surface area (Å²) in [4.78, 5) is 28.5. The number of nitrogens with one attached hydrogen (secondary N) is 2. The minimum Gasteiger partial charge on any atom is -0.299 e. The standard InChI is InChI=1S/C26H28FN5O2S/c27-18-2-4-20-21(12-18)29-30-24(20)16-7-9-31(10-8-16)13-15-1-3-19-17(11-15)14-32(26(19)35)22-5-6-23(33)28-25(22)34/h1-4,11-12,16,22,26,35H,5-10,13-14H2,(H,29,30)(H,28,33,34). The minimum atomic E-state index is -0.319. The minimum absolute atomic E-state index is 0.142. The van der Waals surface area contributed by atoms with E-state index in [2.05, 4.69) is 43.5 Å². The van der Waals surface area contributed by atoms with Crippen molar-refractivity contribution in [1.82, 2.24) is 25.3 Å². The zero-order chi connectivity index (χ0) is 24.1. The number of thiol groups is 1. The van der Waals surface area contributed by atoms with E-state index in [0.717, 1.165) is 49.1 Å². The third-order valence-electron chi connectivity index (χ3n) is 7.71. The maximum Gasteiger partial charge on any atom is 0.243 e. The molecule has 3 aliphatic rings. The fraction of sp³-hybridized carbons (Fsp3) is 0.423. The molecular weight excluding hydrogens is 465 g/mol. The number of piperidine rings is 2. The fourth-order valence-corrected chi connectivity index (χ4v) is 6.34. The molecule has 182 valence electrons. The first-order valence-corrected chi connectivity index (χ1v) is 12.7. The van der Waals surface area contributed by atoms with Gasteiger partial charge in [0.05, 0.1) is 16.9 Å². The zero-order valence-corrected chi connectivity index (χ0v) is 20.2. The molecule has 2 N–H and O–H groups in total. The van der Waals surface area contributed by atoms with Gasteiger partial charge in [-0.3, -0.25) is 29.8 Å². The second kappa shape index (κ2) is 9.04. The Hall–Kier alpha value is -2.75. The topological polar surface area (TPSA) is 81.3 Å². The lowest BCUT2D eigenvalue weighted by atomic mass is 9.91. The molecule has 4 heterocycles. The first-order chi connectivity index (χ1) is 17.0. The zero-order valence-electron chi connectivity index (χ0n) is 19.3. The molecule has 7 nitrogen and oxygen atoms in total. The normalized spacial score (nSPS) is 24.2. The summed E-state index contributed by atoms with van der Waals surface area (Å²) in [5, 5.41) is 10.8. The number of carbonyl (C=O) groups is 2. The maximum absolute atomic E-state index is 13.5. The van der Waals surface area contributed by atoms with Crippen LogP contribution in [0.1, 0.15) is 59.4 Å². The lowest BCUT2D eigenvalue weighted by molar-refractivity contribution is -0.137. The average molecular weight is 494 g/mol. The van der Waals surface area contributed by atoms with Crippen molar-refractivity contribution in [3.8, 4) is 0 Å². The lowest BCUT2D eigenvalue weighted by Crippen LogP contribution is -2.51. The number of hydrogen-bond donors (Lipinski definition) is 3. The quantitative estimate of drug-likeness (QED) is 0.382. The van der Waals surface area contributed by atoms with E-state index >= 15 is 0 Å². The summed E-state index contributed by atoms with van der Waals surface area (Å²) in [6.45, 7) is 3.52. The molecule has 2 atom stereocenters. The van der Waals surface area contributed by atoms with Gasteiger partial charge >= 0.3 is 0 Å². The smallest absolute Gasteiger partial charge is 0.243 e. The highest BCUT2D eigenvalue weighted by Gasteiger charge is 2.39. The van der Waals surface area contributed by atoms with Crippen molar-refractivity contribution in [1.29, 1.82) is 0 Å². The van der Waals surface area contributed by atoms with E-state index in [1.165, 1.54) is 23.3 Å². The van der Waals surface area contributed by atoms with Gasteiger partial charge in [0.1, 0.15) is 5.82 Å². The van der Waals surface area contributed by atoms with Gasteiger partial charge in [-0.1, -0.05) is 18.2 Å². The van der Waals surface area contributed by atoms with Crippen LogP contribution in [0.3, 0.4) is 0 Å². The van der Waals surface area contributed by atoms with Crippen molar-refractivity contribution in [2.24, 2.45) is 0 Å². The SMILES string of the molecule is O=C1CCC(N2Cc3cc(CN4CCC(c5[nH]nc6cc(F)ccc56)CC4)ccc3C2S)C(=O)N1. The third kappa shape index (κ3) is 4.26. The van der Waals surface area contributed by atoms with Crippen molar-refractivity contribution in [3.63, 3.8) is 0 Å². The summed E-state index contributed by atoms with van der Waals surface area (Å²) in [5.41, 5.74) is 5.41. The number of aromatic amines is 1. The second-order valence-electron chi connectivity index (χ2n) is 9.90. The van der Waals surface area contributed by atoms with Crippen molar-refractivity contribution in [2.75, 3.05) is 13.1 Å². The van der Waals surface area contributed by atoms with Crippen LogP contribution >= 0.6 is 12.6 Å². The number of likely N-dealkylation sites (tertiary alicyclic amines) is 1. The molecule has 1 aromatic heterocycles. The van der Waals surface area contributed by atoms with Gasteiger partial charge in [-0.05, 0) is 61.2 Å². The van der Waals surface area contributed by atoms with Crippen molar-refractivity contribution < 1.29 is 14.0 Å². The van der Waals surface area contributed by atoms with Crippen LogP contribution in [-0.4, -0.2) is 50.9 Å². The molecule has 3 aromatic rings. The molecule has 2 unspecified atom stereocenters. The Bertz CT molecular complexity index is 1300. The van der Waals surface area contributed by atoms with E-state index in [-0.39, 0.29) is 29.0 Å². The average Bonchev–Trinajstić information content (AvgIpc) is 3.40. The molecule has 35 heavy (non-hydrogen) atoms. The van der Waals surface area contributed by atoms with Crippen LogP contribution in [-0.2, 0) is 22.7 Å². The summed E-state index contributed by atoms with van der Waals surface area (Å²) in [6.07, 6.45) is 2.97. The molecule has 0 spiro atoms. The van der Waals surface area contributed by atoms with Gasteiger partial charge in [0, 0.05) is 42.6 Å². The molecule has 0 bridgehead atoms. The predicted molar refractivity (Wildman–Crippen MR) is 133 cm³/mol. The van der Waals surface area contributed by atoms with Crippen molar-refractivity contribution >= 4 is 35.3 Å². The van der Waals surface area contributed by atoms with Crippen LogP contribution in [0.5, 0.6) is 0 Å². The van der Waals surface area contributed by atoms with Crippen LogP contribution in [0.2, 0.25) is 0 Å². The van der Waals surface area contributed by atoms with E-state index < -0.39 is 0 Å². The number of fused-ring (bicyclic) bond motifs is 2. The number of hydrogen-bond acceptors (Lipinski definition) is 6. The first-order valence-electron chi connectivity index (χ1n) is 12.2. The van der Waals surface area contributed by atoms with E-state index in [4.69, 9.17) is 12.6 Å². The molecule has 2 aromatic carbocycles. The molecular formula is C26H28FN5O2S. The third-order valence-corrected chi connectivity index (χ3v) is 8.29. The Labute approximate surface area is 208 Å². The summed E-state index contributed by atoms with van der Waals surface area (Å²) < 4.78 is 13.5. The Balaban J connectivity index is 1.09. The van der Waals surface area contributed by atoms with Gasteiger partial charge in [0.2, 0.25) is 11.8 Å². The summed E-state index contributed by atoms with van der Waals surface area (Å²) >= 11 is 4.80. The van der Waals surface area contributed by atoms with E-state index in [0.29, 0.717) is 30.8 Å². The number of amides is 2. The lowest BCUT2D eigenvalue weighted by Gasteiger charge is -2.32.